The first-order valence-electron chi connectivity index (χ1n) is 3.95. The summed E-state index contributed by atoms with van der Waals surface area (Å²) in [4.78, 5) is 30.3. The lowest BCUT2D eigenvalue weighted by Gasteiger charge is -2.02. The average Bonchev–Trinajstić information content (AvgIpc) is 2.13. The van der Waals surface area contributed by atoms with E-state index in [2.05, 4.69) is 9.47 Å². The second-order valence-corrected chi connectivity index (χ2v) is 2.25. The molecule has 0 saturated heterocycles. The largest absolute Gasteiger partial charge is 0.464 e. The molecule has 0 heterocycles. The third kappa shape index (κ3) is 8.52. The van der Waals surface area contributed by atoms with Gasteiger partial charge in [-0.15, -0.1) is 0 Å². The maximum Gasteiger partial charge on any atom is 0.305 e. The topological polar surface area (TPSA) is 69.7 Å². The Morgan fingerprint density at radius 2 is 2.00 bits per heavy atom. The van der Waals surface area contributed by atoms with Crippen LogP contribution < -0.4 is 0 Å². The Hall–Kier alpha value is -1.39. The van der Waals surface area contributed by atoms with Gasteiger partial charge in [0.1, 0.15) is 19.5 Å². The van der Waals surface area contributed by atoms with Crippen LogP contribution in [-0.2, 0) is 23.9 Å². The van der Waals surface area contributed by atoms with E-state index >= 15 is 0 Å². The van der Waals surface area contributed by atoms with Crippen molar-refractivity contribution >= 4 is 18.7 Å². The summed E-state index contributed by atoms with van der Waals surface area (Å²) in [5.41, 5.74) is 0. The van der Waals surface area contributed by atoms with Gasteiger partial charge < -0.3 is 14.3 Å². The SMILES string of the molecule is O=CCCCC(=O)OCCOC=O. The molecule has 0 atom stereocenters. The summed E-state index contributed by atoms with van der Waals surface area (Å²) < 4.78 is 8.95. The van der Waals surface area contributed by atoms with Crippen molar-refractivity contribution in [2.24, 2.45) is 0 Å². The number of unbranched alkanes of at least 4 members (excludes halogenated alkanes) is 1. The Labute approximate surface area is 76.0 Å². The van der Waals surface area contributed by atoms with Gasteiger partial charge in [-0.05, 0) is 6.42 Å². The van der Waals surface area contributed by atoms with Gasteiger partial charge in [-0.3, -0.25) is 9.59 Å². The van der Waals surface area contributed by atoms with Gasteiger partial charge in [-0.2, -0.15) is 0 Å². The summed E-state index contributed by atoms with van der Waals surface area (Å²) >= 11 is 0. The van der Waals surface area contributed by atoms with Gasteiger partial charge in [-0.1, -0.05) is 0 Å². The lowest BCUT2D eigenvalue weighted by Crippen LogP contribution is -2.09. The Balaban J connectivity index is 3.19. The second-order valence-electron chi connectivity index (χ2n) is 2.25. The summed E-state index contributed by atoms with van der Waals surface area (Å²) in [6.45, 7) is 0.432. The quantitative estimate of drug-likeness (QED) is 0.306. The number of esters is 1. The molecule has 0 aliphatic heterocycles. The lowest BCUT2D eigenvalue weighted by atomic mass is 10.2. The fraction of sp³-hybridized carbons (Fsp3) is 0.625. The van der Waals surface area contributed by atoms with Gasteiger partial charge in [-0.25, -0.2) is 0 Å². The van der Waals surface area contributed by atoms with Gasteiger partial charge >= 0.3 is 5.97 Å². The van der Waals surface area contributed by atoms with Crippen LogP contribution in [0.25, 0.3) is 0 Å². The zero-order valence-electron chi connectivity index (χ0n) is 7.23. The molecule has 0 rings (SSSR count). The molecule has 0 fully saturated rings. The Morgan fingerprint density at radius 3 is 2.62 bits per heavy atom. The van der Waals surface area contributed by atoms with Crippen LogP contribution in [0, 0.1) is 0 Å². The van der Waals surface area contributed by atoms with Crippen molar-refractivity contribution in [1.29, 1.82) is 0 Å². The third-order valence-electron chi connectivity index (χ3n) is 1.24. The predicted molar refractivity (Wildman–Crippen MR) is 42.9 cm³/mol. The molecule has 0 radical (unpaired) electrons. The molecule has 13 heavy (non-hydrogen) atoms. The molecular weight excluding hydrogens is 176 g/mol. The van der Waals surface area contributed by atoms with E-state index in [-0.39, 0.29) is 25.6 Å². The van der Waals surface area contributed by atoms with Gasteiger partial charge in [0, 0.05) is 12.8 Å². The molecule has 0 saturated carbocycles. The van der Waals surface area contributed by atoms with E-state index in [1.54, 1.807) is 0 Å². The molecule has 5 heteroatoms. The first-order chi connectivity index (χ1) is 6.31. The van der Waals surface area contributed by atoms with Crippen LogP contribution >= 0.6 is 0 Å². The van der Waals surface area contributed by atoms with Crippen molar-refractivity contribution in [3.63, 3.8) is 0 Å². The maximum absolute atomic E-state index is 10.8. The van der Waals surface area contributed by atoms with E-state index in [0.29, 0.717) is 19.3 Å². The molecule has 0 amide bonds. The molecule has 5 nitrogen and oxygen atoms in total. The molecule has 0 aromatic heterocycles. The Bertz CT molecular complexity index is 166. The van der Waals surface area contributed by atoms with E-state index in [9.17, 15) is 14.4 Å². The fourth-order valence-electron chi connectivity index (χ4n) is 0.654. The van der Waals surface area contributed by atoms with E-state index in [1.807, 2.05) is 0 Å². The van der Waals surface area contributed by atoms with E-state index in [1.165, 1.54) is 0 Å². The highest BCUT2D eigenvalue weighted by atomic mass is 16.6. The van der Waals surface area contributed by atoms with Crippen molar-refractivity contribution in [2.45, 2.75) is 19.3 Å². The van der Waals surface area contributed by atoms with Crippen molar-refractivity contribution in [2.75, 3.05) is 13.2 Å². The van der Waals surface area contributed by atoms with Crippen LogP contribution in [0.4, 0.5) is 0 Å². The van der Waals surface area contributed by atoms with Crippen LogP contribution in [0.3, 0.4) is 0 Å². The summed E-state index contributed by atoms with van der Waals surface area (Å²) in [6, 6.07) is 0. The minimum absolute atomic E-state index is 0.0681. The Kier molecular flexibility index (Phi) is 7.77. The van der Waals surface area contributed by atoms with Crippen LogP contribution in [0.2, 0.25) is 0 Å². The van der Waals surface area contributed by atoms with Crippen molar-refractivity contribution in [1.82, 2.24) is 0 Å². The summed E-state index contributed by atoms with van der Waals surface area (Å²) in [5.74, 6) is -0.378. The van der Waals surface area contributed by atoms with Gasteiger partial charge in [0.2, 0.25) is 0 Å². The molecule has 0 aromatic carbocycles. The minimum atomic E-state index is -0.378. The second kappa shape index (κ2) is 8.70. The number of carbonyl (C=O) groups excluding carboxylic acids is 3. The molecule has 0 aromatic rings. The average molecular weight is 188 g/mol. The van der Waals surface area contributed by atoms with Crippen molar-refractivity contribution in [3.05, 3.63) is 0 Å². The summed E-state index contributed by atoms with van der Waals surface area (Å²) in [6.07, 6.45) is 1.83. The standard InChI is InChI=1S/C8H12O5/c9-4-2-1-3-8(11)13-6-5-12-7-10/h4,7H,1-3,5-6H2. The Morgan fingerprint density at radius 1 is 1.23 bits per heavy atom. The summed E-state index contributed by atoms with van der Waals surface area (Å²) in [7, 11) is 0. The van der Waals surface area contributed by atoms with Crippen LogP contribution in [-0.4, -0.2) is 31.9 Å². The normalized spacial score (nSPS) is 8.92. The smallest absolute Gasteiger partial charge is 0.305 e. The monoisotopic (exact) mass is 188 g/mol. The van der Waals surface area contributed by atoms with Gasteiger partial charge in [0.15, 0.2) is 0 Å². The number of hydrogen-bond donors (Lipinski definition) is 0. The zero-order chi connectivity index (χ0) is 9.94. The number of aldehydes is 1. The maximum atomic E-state index is 10.8. The molecule has 0 unspecified atom stereocenters. The highest BCUT2D eigenvalue weighted by Gasteiger charge is 2.01. The van der Waals surface area contributed by atoms with Crippen LogP contribution in [0.5, 0.6) is 0 Å². The highest BCUT2D eigenvalue weighted by molar-refractivity contribution is 5.69. The number of rotatable bonds is 8. The highest BCUT2D eigenvalue weighted by Crippen LogP contribution is 1.95. The molecule has 0 bridgehead atoms. The van der Waals surface area contributed by atoms with Gasteiger partial charge in [0.05, 0.1) is 0 Å². The molecule has 74 valence electrons. The molecule has 0 aliphatic rings. The van der Waals surface area contributed by atoms with Crippen molar-refractivity contribution < 1.29 is 23.9 Å². The fourth-order valence-corrected chi connectivity index (χ4v) is 0.654. The molecule has 0 spiro atoms. The van der Waals surface area contributed by atoms with Gasteiger partial charge in [0.25, 0.3) is 6.47 Å². The van der Waals surface area contributed by atoms with Crippen LogP contribution in [0.1, 0.15) is 19.3 Å². The lowest BCUT2D eigenvalue weighted by molar-refractivity contribution is -0.147. The molecule has 0 N–H and O–H groups in total. The predicted octanol–water partition coefficient (Wildman–Crippen LogP) is 0.0718. The minimum Gasteiger partial charge on any atom is -0.464 e. The van der Waals surface area contributed by atoms with Crippen LogP contribution in [0.15, 0.2) is 0 Å². The number of carbonyl (C=O) groups is 3. The first kappa shape index (κ1) is 11.6. The number of hydrogen-bond acceptors (Lipinski definition) is 5. The number of ether oxygens (including phenoxy) is 2. The molecular formula is C8H12O5. The van der Waals surface area contributed by atoms with E-state index < -0.39 is 0 Å². The zero-order valence-corrected chi connectivity index (χ0v) is 7.23. The van der Waals surface area contributed by atoms with E-state index in [4.69, 9.17) is 0 Å². The third-order valence-corrected chi connectivity index (χ3v) is 1.24. The first-order valence-corrected chi connectivity index (χ1v) is 3.95. The molecule has 0 aliphatic carbocycles. The van der Waals surface area contributed by atoms with E-state index in [0.717, 1.165) is 6.29 Å². The summed E-state index contributed by atoms with van der Waals surface area (Å²) in [5, 5.41) is 0. The van der Waals surface area contributed by atoms with Crippen molar-refractivity contribution in [3.8, 4) is 0 Å².